The molecule has 19 heavy (non-hydrogen) atoms. The van der Waals surface area contributed by atoms with Crippen LogP contribution in [0.1, 0.15) is 48.9 Å². The Labute approximate surface area is 113 Å². The topological polar surface area (TPSA) is 46.9 Å². The van der Waals surface area contributed by atoms with Gasteiger partial charge in [-0.1, -0.05) is 6.07 Å². The van der Waals surface area contributed by atoms with Gasteiger partial charge >= 0.3 is 0 Å². The Morgan fingerprint density at radius 3 is 2.68 bits per heavy atom. The Hall–Kier alpha value is -2.10. The highest BCUT2D eigenvalue weighted by Crippen LogP contribution is 2.14. The van der Waals surface area contributed by atoms with Gasteiger partial charge in [-0.2, -0.15) is 0 Å². The van der Waals surface area contributed by atoms with Crippen molar-refractivity contribution in [1.29, 1.82) is 0 Å². The third kappa shape index (κ3) is 3.02. The molecule has 0 radical (unpaired) electrons. The molecule has 0 saturated carbocycles. The summed E-state index contributed by atoms with van der Waals surface area (Å²) in [6, 6.07) is 7.77. The Kier molecular flexibility index (Phi) is 4.00. The fourth-order valence-corrected chi connectivity index (χ4v) is 2.02. The molecule has 0 aliphatic rings. The molecular formula is C15H19N3O. The number of hydrogen-bond donors (Lipinski definition) is 1. The number of carbonyl (C=O) groups excluding carboxylic acids is 1. The first-order valence-electron chi connectivity index (χ1n) is 6.47. The standard InChI is InChI=1S/C15H19N3O/c1-11(2)18-9-5-7-14(18)15(19)17-12(3)13-6-4-8-16-10-13/h4-12H,1-3H3,(H,17,19). The SMILES string of the molecule is CC(NC(=O)c1cccn1C(C)C)c1cccnc1. The predicted octanol–water partition coefficient (Wildman–Crippen LogP) is 2.96. The highest BCUT2D eigenvalue weighted by molar-refractivity contribution is 5.93. The van der Waals surface area contributed by atoms with Crippen LogP contribution in [0.5, 0.6) is 0 Å². The zero-order valence-corrected chi connectivity index (χ0v) is 11.5. The van der Waals surface area contributed by atoms with Crippen LogP contribution in [0, 0.1) is 0 Å². The number of rotatable bonds is 4. The van der Waals surface area contributed by atoms with Crippen molar-refractivity contribution < 1.29 is 4.79 Å². The molecule has 100 valence electrons. The number of nitrogens with one attached hydrogen (secondary N) is 1. The molecule has 4 heteroatoms. The van der Waals surface area contributed by atoms with Gasteiger partial charge in [0.05, 0.1) is 6.04 Å². The van der Waals surface area contributed by atoms with E-state index in [4.69, 9.17) is 0 Å². The van der Waals surface area contributed by atoms with Gasteiger partial charge in [-0.15, -0.1) is 0 Å². The number of aromatic nitrogens is 2. The maximum absolute atomic E-state index is 12.3. The predicted molar refractivity (Wildman–Crippen MR) is 74.9 cm³/mol. The minimum Gasteiger partial charge on any atom is -0.344 e. The van der Waals surface area contributed by atoms with E-state index >= 15 is 0 Å². The summed E-state index contributed by atoms with van der Waals surface area (Å²) in [5.41, 5.74) is 1.68. The minimum absolute atomic E-state index is 0.0586. The Morgan fingerprint density at radius 1 is 1.26 bits per heavy atom. The second-order valence-corrected chi connectivity index (χ2v) is 4.88. The zero-order valence-electron chi connectivity index (χ0n) is 11.5. The first kappa shape index (κ1) is 13.3. The van der Waals surface area contributed by atoms with Crippen molar-refractivity contribution in [3.8, 4) is 0 Å². The highest BCUT2D eigenvalue weighted by Gasteiger charge is 2.15. The summed E-state index contributed by atoms with van der Waals surface area (Å²) in [6.07, 6.45) is 5.42. The Balaban J connectivity index is 2.11. The van der Waals surface area contributed by atoms with Crippen molar-refractivity contribution in [2.75, 3.05) is 0 Å². The van der Waals surface area contributed by atoms with Gasteiger partial charge in [0.25, 0.3) is 5.91 Å². The fraction of sp³-hybridized carbons (Fsp3) is 0.333. The molecule has 1 unspecified atom stereocenters. The largest absolute Gasteiger partial charge is 0.344 e. The summed E-state index contributed by atoms with van der Waals surface area (Å²) in [6.45, 7) is 6.07. The molecule has 2 aromatic rings. The van der Waals surface area contributed by atoms with E-state index < -0.39 is 0 Å². The third-order valence-electron chi connectivity index (χ3n) is 3.10. The van der Waals surface area contributed by atoms with E-state index in [0.29, 0.717) is 5.69 Å². The molecule has 2 aromatic heterocycles. The number of carbonyl (C=O) groups is 1. The van der Waals surface area contributed by atoms with E-state index in [1.807, 2.05) is 42.0 Å². The van der Waals surface area contributed by atoms with Crippen LogP contribution in [0.4, 0.5) is 0 Å². The van der Waals surface area contributed by atoms with E-state index in [1.54, 1.807) is 12.4 Å². The van der Waals surface area contributed by atoms with Gasteiger partial charge in [0, 0.05) is 24.6 Å². The van der Waals surface area contributed by atoms with Crippen molar-refractivity contribution >= 4 is 5.91 Å². The van der Waals surface area contributed by atoms with Crippen LogP contribution in [-0.2, 0) is 0 Å². The molecule has 2 rings (SSSR count). The van der Waals surface area contributed by atoms with E-state index in [0.717, 1.165) is 5.56 Å². The monoisotopic (exact) mass is 257 g/mol. The maximum atomic E-state index is 12.3. The fourth-order valence-electron chi connectivity index (χ4n) is 2.02. The number of nitrogens with zero attached hydrogens (tertiary/aromatic N) is 2. The van der Waals surface area contributed by atoms with E-state index in [1.165, 1.54) is 0 Å². The summed E-state index contributed by atoms with van der Waals surface area (Å²) in [5, 5.41) is 2.99. The number of amides is 1. The van der Waals surface area contributed by atoms with Gasteiger partial charge in [-0.05, 0) is 44.5 Å². The van der Waals surface area contributed by atoms with E-state index in [-0.39, 0.29) is 18.0 Å². The molecule has 1 atom stereocenters. The highest BCUT2D eigenvalue weighted by atomic mass is 16.2. The lowest BCUT2D eigenvalue weighted by Crippen LogP contribution is -2.29. The van der Waals surface area contributed by atoms with Crippen molar-refractivity contribution in [1.82, 2.24) is 14.9 Å². The molecule has 0 bridgehead atoms. The maximum Gasteiger partial charge on any atom is 0.268 e. The first-order chi connectivity index (χ1) is 9.09. The van der Waals surface area contributed by atoms with Gasteiger partial charge in [0.2, 0.25) is 0 Å². The quantitative estimate of drug-likeness (QED) is 0.915. The van der Waals surface area contributed by atoms with Crippen molar-refractivity contribution in [2.24, 2.45) is 0 Å². The molecule has 0 aromatic carbocycles. The van der Waals surface area contributed by atoms with Crippen LogP contribution in [0.15, 0.2) is 42.9 Å². The number of hydrogen-bond acceptors (Lipinski definition) is 2. The lowest BCUT2D eigenvalue weighted by Gasteiger charge is -2.16. The molecule has 0 fully saturated rings. The Bertz CT molecular complexity index is 546. The van der Waals surface area contributed by atoms with Crippen molar-refractivity contribution in [3.63, 3.8) is 0 Å². The normalized spacial score (nSPS) is 12.4. The zero-order chi connectivity index (χ0) is 13.8. The second-order valence-electron chi connectivity index (χ2n) is 4.88. The second kappa shape index (κ2) is 5.69. The van der Waals surface area contributed by atoms with Gasteiger partial charge in [-0.25, -0.2) is 0 Å². The molecule has 1 N–H and O–H groups in total. The molecule has 2 heterocycles. The van der Waals surface area contributed by atoms with Crippen molar-refractivity contribution in [2.45, 2.75) is 32.9 Å². The van der Waals surface area contributed by atoms with Crippen LogP contribution in [0.25, 0.3) is 0 Å². The first-order valence-corrected chi connectivity index (χ1v) is 6.47. The van der Waals surface area contributed by atoms with E-state index in [2.05, 4.69) is 24.1 Å². The smallest absolute Gasteiger partial charge is 0.268 e. The molecule has 0 aliphatic carbocycles. The lowest BCUT2D eigenvalue weighted by atomic mass is 10.1. The molecule has 0 spiro atoms. The Morgan fingerprint density at radius 2 is 2.05 bits per heavy atom. The minimum atomic E-state index is -0.0601. The summed E-state index contributed by atoms with van der Waals surface area (Å²) >= 11 is 0. The van der Waals surface area contributed by atoms with Gasteiger partial charge in [-0.3, -0.25) is 9.78 Å². The summed E-state index contributed by atoms with van der Waals surface area (Å²) in [7, 11) is 0. The average molecular weight is 257 g/mol. The van der Waals surface area contributed by atoms with Crippen LogP contribution in [-0.4, -0.2) is 15.5 Å². The van der Waals surface area contributed by atoms with Crippen LogP contribution >= 0.6 is 0 Å². The molecule has 4 nitrogen and oxygen atoms in total. The van der Waals surface area contributed by atoms with E-state index in [9.17, 15) is 4.79 Å². The van der Waals surface area contributed by atoms with Gasteiger partial charge < -0.3 is 9.88 Å². The molecule has 0 saturated heterocycles. The average Bonchev–Trinajstić information content (AvgIpc) is 2.89. The van der Waals surface area contributed by atoms with Crippen molar-refractivity contribution in [3.05, 3.63) is 54.1 Å². The number of pyridine rings is 1. The molecule has 0 aliphatic heterocycles. The third-order valence-corrected chi connectivity index (χ3v) is 3.10. The molecular weight excluding hydrogens is 238 g/mol. The van der Waals surface area contributed by atoms with Crippen LogP contribution in [0.2, 0.25) is 0 Å². The molecule has 1 amide bonds. The lowest BCUT2D eigenvalue weighted by molar-refractivity contribution is 0.0929. The van der Waals surface area contributed by atoms with Crippen LogP contribution in [0.3, 0.4) is 0 Å². The van der Waals surface area contributed by atoms with Gasteiger partial charge in [0.1, 0.15) is 5.69 Å². The summed E-state index contributed by atoms with van der Waals surface area (Å²) in [5.74, 6) is -0.0601. The van der Waals surface area contributed by atoms with Crippen LogP contribution < -0.4 is 5.32 Å². The van der Waals surface area contributed by atoms with Gasteiger partial charge in [0.15, 0.2) is 0 Å². The summed E-state index contributed by atoms with van der Waals surface area (Å²) in [4.78, 5) is 16.3. The summed E-state index contributed by atoms with van der Waals surface area (Å²) < 4.78 is 1.96.